The second-order valence-electron chi connectivity index (χ2n) is 4.59. The van der Waals surface area contributed by atoms with Gasteiger partial charge in [0.05, 0.1) is 9.49 Å². The molecule has 0 amide bonds. The first-order valence-corrected chi connectivity index (χ1v) is 7.22. The van der Waals surface area contributed by atoms with Crippen molar-refractivity contribution < 1.29 is 9.53 Å². The Morgan fingerprint density at radius 2 is 1.74 bits per heavy atom. The van der Waals surface area contributed by atoms with Crippen LogP contribution in [-0.2, 0) is 4.79 Å². The van der Waals surface area contributed by atoms with Gasteiger partial charge in [-0.3, -0.25) is 4.79 Å². The van der Waals surface area contributed by atoms with Gasteiger partial charge in [0.15, 0.2) is 0 Å². The van der Waals surface area contributed by atoms with Gasteiger partial charge in [0.1, 0.15) is 5.75 Å². The van der Waals surface area contributed by atoms with Crippen molar-refractivity contribution in [2.24, 2.45) is 5.92 Å². The minimum atomic E-state index is -0.205. The van der Waals surface area contributed by atoms with Crippen LogP contribution < -0.4 is 4.74 Å². The Balaban J connectivity index is 2.33. The van der Waals surface area contributed by atoms with Crippen molar-refractivity contribution in [3.8, 4) is 16.9 Å². The van der Waals surface area contributed by atoms with Gasteiger partial charge in [0.25, 0.3) is 0 Å². The van der Waals surface area contributed by atoms with E-state index in [0.29, 0.717) is 5.75 Å². The van der Waals surface area contributed by atoms with E-state index < -0.39 is 0 Å². The molecule has 19 heavy (non-hydrogen) atoms. The summed E-state index contributed by atoms with van der Waals surface area (Å²) in [5.41, 5.74) is 2.16. The number of halogens is 1. The molecule has 0 aliphatic rings. The number of rotatable bonds is 3. The lowest BCUT2D eigenvalue weighted by Crippen LogP contribution is -2.15. The van der Waals surface area contributed by atoms with E-state index in [1.54, 1.807) is 0 Å². The highest BCUT2D eigenvalue weighted by molar-refractivity contribution is 14.1. The number of esters is 1. The Hall–Kier alpha value is -1.36. The van der Waals surface area contributed by atoms with Crippen LogP contribution in [-0.4, -0.2) is 5.97 Å². The van der Waals surface area contributed by atoms with Gasteiger partial charge in [-0.2, -0.15) is 0 Å². The van der Waals surface area contributed by atoms with Gasteiger partial charge in [-0.05, 0) is 45.9 Å². The lowest BCUT2D eigenvalue weighted by molar-refractivity contribution is -0.137. The van der Waals surface area contributed by atoms with Crippen molar-refractivity contribution in [2.45, 2.75) is 13.8 Å². The monoisotopic (exact) mass is 366 g/mol. The number of hydrogen-bond acceptors (Lipinski definition) is 2. The molecule has 0 aromatic heterocycles. The SMILES string of the molecule is CC(C)C(=O)Oc1cc(-c2ccccc2)ccc1I. The summed E-state index contributed by atoms with van der Waals surface area (Å²) in [6, 6.07) is 16.0. The molecular weight excluding hydrogens is 351 g/mol. The standard InChI is InChI=1S/C16H15IO2/c1-11(2)16(18)19-15-10-13(8-9-14(15)17)12-6-4-3-5-7-12/h3-11H,1-2H3. The number of benzene rings is 2. The molecule has 0 radical (unpaired) electrons. The van der Waals surface area contributed by atoms with Crippen molar-refractivity contribution in [1.29, 1.82) is 0 Å². The van der Waals surface area contributed by atoms with E-state index in [2.05, 4.69) is 22.6 Å². The summed E-state index contributed by atoms with van der Waals surface area (Å²) in [6.45, 7) is 3.66. The third-order valence-corrected chi connectivity index (χ3v) is 3.61. The fourth-order valence-corrected chi connectivity index (χ4v) is 2.06. The first-order chi connectivity index (χ1) is 9.08. The number of carbonyl (C=O) groups excluding carboxylic acids is 1. The quantitative estimate of drug-likeness (QED) is 0.454. The molecule has 2 nitrogen and oxygen atoms in total. The lowest BCUT2D eigenvalue weighted by atomic mass is 10.1. The summed E-state index contributed by atoms with van der Waals surface area (Å²) in [4.78, 5) is 11.7. The molecule has 0 aliphatic heterocycles. The summed E-state index contributed by atoms with van der Waals surface area (Å²) in [7, 11) is 0. The Morgan fingerprint density at radius 3 is 2.37 bits per heavy atom. The second-order valence-corrected chi connectivity index (χ2v) is 5.75. The van der Waals surface area contributed by atoms with E-state index in [1.165, 1.54) is 0 Å². The maximum absolute atomic E-state index is 11.7. The van der Waals surface area contributed by atoms with Crippen LogP contribution in [0.1, 0.15) is 13.8 Å². The first-order valence-electron chi connectivity index (χ1n) is 6.14. The molecule has 0 saturated heterocycles. The van der Waals surface area contributed by atoms with Crippen LogP contribution in [0.4, 0.5) is 0 Å². The molecule has 98 valence electrons. The Morgan fingerprint density at radius 1 is 1.05 bits per heavy atom. The summed E-state index contributed by atoms with van der Waals surface area (Å²) in [6.07, 6.45) is 0. The Bertz CT molecular complexity index is 577. The third-order valence-electron chi connectivity index (χ3n) is 2.72. The molecule has 0 aliphatic carbocycles. The Kier molecular flexibility index (Phi) is 4.58. The number of ether oxygens (including phenoxy) is 1. The molecule has 0 bridgehead atoms. The maximum atomic E-state index is 11.7. The van der Waals surface area contributed by atoms with E-state index in [9.17, 15) is 4.79 Å². The minimum Gasteiger partial charge on any atom is -0.425 e. The number of hydrogen-bond donors (Lipinski definition) is 0. The van der Waals surface area contributed by atoms with E-state index in [-0.39, 0.29) is 11.9 Å². The second kappa shape index (κ2) is 6.19. The average molecular weight is 366 g/mol. The minimum absolute atomic E-state index is 0.129. The molecule has 0 N–H and O–H groups in total. The highest BCUT2D eigenvalue weighted by Crippen LogP contribution is 2.28. The molecule has 2 rings (SSSR count). The van der Waals surface area contributed by atoms with Crippen LogP contribution in [0.3, 0.4) is 0 Å². The van der Waals surface area contributed by atoms with E-state index in [0.717, 1.165) is 14.7 Å². The fraction of sp³-hybridized carbons (Fsp3) is 0.188. The van der Waals surface area contributed by atoms with Crippen molar-refractivity contribution in [3.63, 3.8) is 0 Å². The highest BCUT2D eigenvalue weighted by atomic mass is 127. The molecular formula is C16H15IO2. The zero-order chi connectivity index (χ0) is 13.8. The predicted molar refractivity (Wildman–Crippen MR) is 85.1 cm³/mol. The molecule has 0 saturated carbocycles. The molecule has 0 spiro atoms. The van der Waals surface area contributed by atoms with Crippen LogP contribution in [0.2, 0.25) is 0 Å². The van der Waals surface area contributed by atoms with Gasteiger partial charge in [0, 0.05) is 0 Å². The summed E-state index contributed by atoms with van der Waals surface area (Å²) in [5.74, 6) is 0.292. The van der Waals surface area contributed by atoms with E-state index >= 15 is 0 Å². The average Bonchev–Trinajstić information content (AvgIpc) is 2.42. The van der Waals surface area contributed by atoms with E-state index in [1.807, 2.05) is 62.4 Å². The van der Waals surface area contributed by atoms with Gasteiger partial charge < -0.3 is 4.74 Å². The maximum Gasteiger partial charge on any atom is 0.313 e. The lowest BCUT2D eigenvalue weighted by Gasteiger charge is -2.10. The Labute approximate surface area is 126 Å². The van der Waals surface area contributed by atoms with Crippen molar-refractivity contribution in [2.75, 3.05) is 0 Å². The van der Waals surface area contributed by atoms with Gasteiger partial charge in [-0.1, -0.05) is 50.2 Å². The number of carbonyl (C=O) groups is 1. The van der Waals surface area contributed by atoms with Crippen LogP contribution in [0.25, 0.3) is 11.1 Å². The van der Waals surface area contributed by atoms with Crippen LogP contribution in [0, 0.1) is 9.49 Å². The molecule has 2 aromatic rings. The molecule has 2 aromatic carbocycles. The van der Waals surface area contributed by atoms with Gasteiger partial charge in [-0.25, -0.2) is 0 Å². The molecule has 0 fully saturated rings. The normalized spacial score (nSPS) is 10.5. The van der Waals surface area contributed by atoms with Crippen molar-refractivity contribution in [1.82, 2.24) is 0 Å². The van der Waals surface area contributed by atoms with Crippen molar-refractivity contribution >= 4 is 28.6 Å². The predicted octanol–water partition coefficient (Wildman–Crippen LogP) is 4.52. The van der Waals surface area contributed by atoms with Crippen molar-refractivity contribution in [3.05, 3.63) is 52.1 Å². The van der Waals surface area contributed by atoms with Crippen LogP contribution in [0.5, 0.6) is 5.75 Å². The fourth-order valence-electron chi connectivity index (χ4n) is 1.62. The van der Waals surface area contributed by atoms with Crippen LogP contribution >= 0.6 is 22.6 Å². The molecule has 3 heteroatoms. The van der Waals surface area contributed by atoms with Gasteiger partial charge >= 0.3 is 5.97 Å². The first kappa shape index (κ1) is 14.1. The molecule has 0 heterocycles. The third kappa shape index (κ3) is 3.56. The highest BCUT2D eigenvalue weighted by Gasteiger charge is 2.12. The van der Waals surface area contributed by atoms with Gasteiger partial charge in [-0.15, -0.1) is 0 Å². The smallest absolute Gasteiger partial charge is 0.313 e. The summed E-state index contributed by atoms with van der Waals surface area (Å²) >= 11 is 2.18. The molecule has 0 atom stereocenters. The zero-order valence-corrected chi connectivity index (χ0v) is 13.0. The topological polar surface area (TPSA) is 26.3 Å². The summed E-state index contributed by atoms with van der Waals surface area (Å²) in [5, 5.41) is 0. The largest absolute Gasteiger partial charge is 0.425 e. The zero-order valence-electron chi connectivity index (χ0n) is 10.9. The van der Waals surface area contributed by atoms with Crippen LogP contribution in [0.15, 0.2) is 48.5 Å². The van der Waals surface area contributed by atoms with E-state index in [4.69, 9.17) is 4.74 Å². The van der Waals surface area contributed by atoms with Gasteiger partial charge in [0.2, 0.25) is 0 Å². The summed E-state index contributed by atoms with van der Waals surface area (Å²) < 4.78 is 6.36. The molecule has 0 unspecified atom stereocenters.